The highest BCUT2D eigenvalue weighted by Crippen LogP contribution is 2.24. The molecule has 2 aromatic heterocycles. The molecule has 27 heavy (non-hydrogen) atoms. The van der Waals surface area contributed by atoms with Gasteiger partial charge in [0.2, 0.25) is 0 Å². The molecule has 0 fully saturated rings. The first-order valence-electron chi connectivity index (χ1n) is 8.33. The molecule has 0 unspecified atom stereocenters. The Labute approximate surface area is 155 Å². The second kappa shape index (κ2) is 7.21. The standard InChI is InChI=1S/C21H15FN4O/c22-16-7-4-8-17(12-16)24-21(27)19-13-20(15-6-5-11-23-14-15)26(25-19)18-9-2-1-3-10-18/h1-14H,(H,24,27). The van der Waals surface area contributed by atoms with Crippen molar-refractivity contribution in [1.29, 1.82) is 0 Å². The van der Waals surface area contributed by atoms with E-state index < -0.39 is 11.7 Å². The number of nitrogens with zero attached hydrogens (tertiary/aromatic N) is 3. The summed E-state index contributed by atoms with van der Waals surface area (Å²) in [5.74, 6) is -0.834. The first-order valence-corrected chi connectivity index (χ1v) is 8.33. The average Bonchev–Trinajstić information content (AvgIpc) is 3.15. The fraction of sp³-hybridized carbons (Fsp3) is 0. The van der Waals surface area contributed by atoms with Gasteiger partial charge in [0.05, 0.1) is 11.4 Å². The maximum atomic E-state index is 13.4. The summed E-state index contributed by atoms with van der Waals surface area (Å²) in [6.45, 7) is 0. The lowest BCUT2D eigenvalue weighted by Gasteiger charge is -2.06. The molecule has 132 valence electrons. The van der Waals surface area contributed by atoms with Gasteiger partial charge in [0.1, 0.15) is 5.82 Å². The zero-order chi connectivity index (χ0) is 18.6. The van der Waals surface area contributed by atoms with Crippen LogP contribution in [0.25, 0.3) is 16.9 Å². The minimum atomic E-state index is -0.418. The van der Waals surface area contributed by atoms with Gasteiger partial charge < -0.3 is 5.32 Å². The molecule has 0 aliphatic carbocycles. The Hall–Kier alpha value is -3.80. The fourth-order valence-corrected chi connectivity index (χ4v) is 2.74. The second-order valence-corrected chi connectivity index (χ2v) is 5.87. The van der Waals surface area contributed by atoms with E-state index in [1.807, 2.05) is 42.5 Å². The number of carbonyl (C=O) groups is 1. The Morgan fingerprint density at radius 2 is 1.81 bits per heavy atom. The van der Waals surface area contributed by atoms with Crippen molar-refractivity contribution in [3.63, 3.8) is 0 Å². The molecule has 4 rings (SSSR count). The Morgan fingerprint density at radius 1 is 0.963 bits per heavy atom. The van der Waals surface area contributed by atoms with Gasteiger partial charge in [-0.1, -0.05) is 24.3 Å². The van der Waals surface area contributed by atoms with Crippen LogP contribution in [0.15, 0.2) is 85.2 Å². The molecule has 0 atom stereocenters. The van der Waals surface area contributed by atoms with E-state index in [9.17, 15) is 9.18 Å². The highest BCUT2D eigenvalue weighted by Gasteiger charge is 2.17. The van der Waals surface area contributed by atoms with Crippen LogP contribution < -0.4 is 5.32 Å². The fourth-order valence-electron chi connectivity index (χ4n) is 2.74. The second-order valence-electron chi connectivity index (χ2n) is 5.87. The number of hydrogen-bond acceptors (Lipinski definition) is 3. The summed E-state index contributed by atoms with van der Waals surface area (Å²) in [7, 11) is 0. The van der Waals surface area contributed by atoms with E-state index >= 15 is 0 Å². The van der Waals surface area contributed by atoms with E-state index in [0.29, 0.717) is 5.69 Å². The van der Waals surface area contributed by atoms with Crippen LogP contribution in [0.5, 0.6) is 0 Å². The lowest BCUT2D eigenvalue weighted by atomic mass is 10.2. The molecular formula is C21H15FN4O. The van der Waals surface area contributed by atoms with E-state index in [0.717, 1.165) is 16.9 Å². The number of hydrogen-bond donors (Lipinski definition) is 1. The van der Waals surface area contributed by atoms with Crippen molar-refractivity contribution < 1.29 is 9.18 Å². The third kappa shape index (κ3) is 3.59. The number of benzene rings is 2. The summed E-state index contributed by atoms with van der Waals surface area (Å²) < 4.78 is 15.0. The summed E-state index contributed by atoms with van der Waals surface area (Å²) in [5, 5.41) is 7.13. The molecule has 0 radical (unpaired) electrons. The number of para-hydroxylation sites is 1. The van der Waals surface area contributed by atoms with Crippen LogP contribution in [0.3, 0.4) is 0 Å². The van der Waals surface area contributed by atoms with Gasteiger partial charge in [-0.05, 0) is 48.5 Å². The highest BCUT2D eigenvalue weighted by molar-refractivity contribution is 6.03. The van der Waals surface area contributed by atoms with Gasteiger partial charge in [0, 0.05) is 23.6 Å². The van der Waals surface area contributed by atoms with Gasteiger partial charge in [-0.25, -0.2) is 9.07 Å². The Kier molecular flexibility index (Phi) is 4.45. The first kappa shape index (κ1) is 16.7. The number of amides is 1. The molecule has 0 aliphatic heterocycles. The molecule has 0 bridgehead atoms. The largest absolute Gasteiger partial charge is 0.320 e. The van der Waals surface area contributed by atoms with Crippen molar-refractivity contribution in [2.45, 2.75) is 0 Å². The molecule has 0 saturated heterocycles. The Balaban J connectivity index is 1.74. The molecule has 4 aromatic rings. The molecule has 2 aromatic carbocycles. The SMILES string of the molecule is O=C(Nc1cccc(F)c1)c1cc(-c2cccnc2)n(-c2ccccc2)n1. The van der Waals surface area contributed by atoms with Crippen molar-refractivity contribution in [1.82, 2.24) is 14.8 Å². The number of aromatic nitrogens is 3. The summed E-state index contributed by atoms with van der Waals surface area (Å²) in [5.41, 5.74) is 2.98. The van der Waals surface area contributed by atoms with Gasteiger partial charge in [-0.15, -0.1) is 0 Å². The Bertz CT molecular complexity index is 1020. The molecule has 6 heteroatoms. The van der Waals surface area contributed by atoms with Gasteiger partial charge in [-0.3, -0.25) is 9.78 Å². The van der Waals surface area contributed by atoms with Crippen LogP contribution in [-0.4, -0.2) is 20.7 Å². The van der Waals surface area contributed by atoms with E-state index in [4.69, 9.17) is 0 Å². The predicted molar refractivity (Wildman–Crippen MR) is 101 cm³/mol. The minimum absolute atomic E-state index is 0.224. The molecule has 1 amide bonds. The number of rotatable bonds is 4. The van der Waals surface area contributed by atoms with Gasteiger partial charge in [-0.2, -0.15) is 5.10 Å². The molecule has 0 spiro atoms. The van der Waals surface area contributed by atoms with Crippen molar-refractivity contribution in [2.24, 2.45) is 0 Å². The zero-order valence-corrected chi connectivity index (χ0v) is 14.2. The summed E-state index contributed by atoms with van der Waals surface area (Å²) in [6.07, 6.45) is 3.40. The summed E-state index contributed by atoms with van der Waals surface area (Å²) >= 11 is 0. The quantitative estimate of drug-likeness (QED) is 0.591. The van der Waals surface area contributed by atoms with E-state index in [-0.39, 0.29) is 5.69 Å². The monoisotopic (exact) mass is 358 g/mol. The maximum Gasteiger partial charge on any atom is 0.276 e. The number of carbonyl (C=O) groups excluding carboxylic acids is 1. The van der Waals surface area contributed by atoms with E-state index in [1.54, 1.807) is 29.2 Å². The van der Waals surface area contributed by atoms with Crippen molar-refractivity contribution in [3.05, 3.63) is 96.7 Å². The normalized spacial score (nSPS) is 10.6. The highest BCUT2D eigenvalue weighted by atomic mass is 19.1. The number of halogens is 1. The predicted octanol–water partition coefficient (Wildman–Crippen LogP) is 4.33. The van der Waals surface area contributed by atoms with Gasteiger partial charge in [0.25, 0.3) is 5.91 Å². The van der Waals surface area contributed by atoms with Gasteiger partial charge in [0.15, 0.2) is 5.69 Å². The van der Waals surface area contributed by atoms with Crippen molar-refractivity contribution >= 4 is 11.6 Å². The number of nitrogens with one attached hydrogen (secondary N) is 1. The summed E-state index contributed by atoms with van der Waals surface area (Å²) in [4.78, 5) is 16.8. The van der Waals surface area contributed by atoms with E-state index in [1.165, 1.54) is 18.2 Å². The smallest absolute Gasteiger partial charge is 0.276 e. The third-order valence-electron chi connectivity index (χ3n) is 3.98. The van der Waals surface area contributed by atoms with E-state index in [2.05, 4.69) is 15.4 Å². The van der Waals surface area contributed by atoms with Crippen LogP contribution in [0, 0.1) is 5.82 Å². The number of pyridine rings is 1. The lowest BCUT2D eigenvalue weighted by Crippen LogP contribution is -2.13. The zero-order valence-electron chi connectivity index (χ0n) is 14.2. The molecule has 5 nitrogen and oxygen atoms in total. The molecule has 2 heterocycles. The first-order chi connectivity index (χ1) is 13.2. The van der Waals surface area contributed by atoms with Crippen molar-refractivity contribution in [3.8, 4) is 16.9 Å². The number of anilines is 1. The van der Waals surface area contributed by atoms with Crippen molar-refractivity contribution in [2.75, 3.05) is 5.32 Å². The topological polar surface area (TPSA) is 59.8 Å². The van der Waals surface area contributed by atoms with Crippen LogP contribution in [-0.2, 0) is 0 Å². The molecule has 0 saturated carbocycles. The van der Waals surface area contributed by atoms with Crippen LogP contribution >= 0.6 is 0 Å². The lowest BCUT2D eigenvalue weighted by molar-refractivity contribution is 0.102. The molecule has 0 aliphatic rings. The molecule has 1 N–H and O–H groups in total. The minimum Gasteiger partial charge on any atom is -0.320 e. The van der Waals surface area contributed by atoms with Crippen LogP contribution in [0.2, 0.25) is 0 Å². The Morgan fingerprint density at radius 3 is 2.56 bits per heavy atom. The van der Waals surface area contributed by atoms with Crippen LogP contribution in [0.4, 0.5) is 10.1 Å². The third-order valence-corrected chi connectivity index (χ3v) is 3.98. The van der Waals surface area contributed by atoms with Crippen LogP contribution in [0.1, 0.15) is 10.5 Å². The molecular weight excluding hydrogens is 343 g/mol. The summed E-state index contributed by atoms with van der Waals surface area (Å²) in [6, 6.07) is 20.7. The maximum absolute atomic E-state index is 13.4. The van der Waals surface area contributed by atoms with Gasteiger partial charge >= 0.3 is 0 Å². The average molecular weight is 358 g/mol.